The molecule has 0 saturated carbocycles. The Bertz CT molecular complexity index is 1950. The van der Waals surface area contributed by atoms with Crippen molar-refractivity contribution < 1.29 is 80.2 Å². The molecule has 0 fully saturated rings. The van der Waals surface area contributed by atoms with Crippen LogP contribution < -0.4 is 0 Å². The molecule has 0 rings (SSSR count). The summed E-state index contributed by atoms with van der Waals surface area (Å²) in [6.07, 6.45) is 68.5. The topological polar surface area (TPSA) is 237 Å². The molecule has 6 atom stereocenters. The Hall–Kier alpha value is -1.94. The molecular formula is C83H162O17P2. The minimum absolute atomic E-state index is 0.108. The second-order valence-corrected chi connectivity index (χ2v) is 33.0. The van der Waals surface area contributed by atoms with E-state index in [4.69, 9.17) is 37.0 Å². The number of phosphoric ester groups is 2. The molecule has 0 aliphatic rings. The van der Waals surface area contributed by atoms with Gasteiger partial charge in [0.1, 0.15) is 19.3 Å². The summed E-state index contributed by atoms with van der Waals surface area (Å²) in [5.74, 6) is -1.27. The highest BCUT2D eigenvalue weighted by Crippen LogP contribution is 2.45. The lowest BCUT2D eigenvalue weighted by molar-refractivity contribution is -0.161. The number of esters is 4. The number of carbonyl (C=O) groups is 4. The Morgan fingerprint density at radius 2 is 0.471 bits per heavy atom. The number of ether oxygens (including phenoxy) is 4. The lowest BCUT2D eigenvalue weighted by Crippen LogP contribution is -2.30. The third-order valence-corrected chi connectivity index (χ3v) is 21.8. The maximum absolute atomic E-state index is 13.1. The van der Waals surface area contributed by atoms with E-state index in [1.54, 1.807) is 0 Å². The largest absolute Gasteiger partial charge is 0.472 e. The zero-order chi connectivity index (χ0) is 74.8. The van der Waals surface area contributed by atoms with Crippen molar-refractivity contribution in [3.63, 3.8) is 0 Å². The first kappa shape index (κ1) is 100. The van der Waals surface area contributed by atoms with Crippen LogP contribution in [-0.4, -0.2) is 96.7 Å². The third-order valence-electron chi connectivity index (χ3n) is 19.9. The van der Waals surface area contributed by atoms with E-state index in [1.165, 1.54) is 263 Å². The second kappa shape index (κ2) is 75.9. The van der Waals surface area contributed by atoms with Crippen LogP contribution in [0.5, 0.6) is 0 Å². The van der Waals surface area contributed by atoms with E-state index in [-0.39, 0.29) is 25.7 Å². The van der Waals surface area contributed by atoms with Gasteiger partial charge in [-0.1, -0.05) is 394 Å². The molecule has 17 nitrogen and oxygen atoms in total. The van der Waals surface area contributed by atoms with Gasteiger partial charge in [0.05, 0.1) is 26.4 Å². The Kier molecular flexibility index (Phi) is 74.4. The number of aliphatic hydroxyl groups is 1. The van der Waals surface area contributed by atoms with Crippen LogP contribution in [-0.2, 0) is 65.4 Å². The molecule has 0 aromatic carbocycles. The lowest BCUT2D eigenvalue weighted by Gasteiger charge is -2.21. The molecule has 0 aromatic rings. The zero-order valence-corrected chi connectivity index (χ0v) is 68.5. The predicted octanol–water partition coefficient (Wildman–Crippen LogP) is 25.2. The summed E-state index contributed by atoms with van der Waals surface area (Å²) in [6.45, 7) is 7.31. The Labute approximate surface area is 626 Å². The highest BCUT2D eigenvalue weighted by atomic mass is 31.2. The van der Waals surface area contributed by atoms with Crippen LogP contribution in [0.4, 0.5) is 0 Å². The van der Waals surface area contributed by atoms with Crippen molar-refractivity contribution in [1.29, 1.82) is 0 Å². The van der Waals surface area contributed by atoms with Crippen molar-refractivity contribution in [2.45, 2.75) is 464 Å². The molecule has 0 aromatic heterocycles. The van der Waals surface area contributed by atoms with E-state index in [1.807, 2.05) is 0 Å². The van der Waals surface area contributed by atoms with Gasteiger partial charge in [-0.25, -0.2) is 9.13 Å². The van der Waals surface area contributed by atoms with Gasteiger partial charge in [-0.15, -0.1) is 0 Å². The molecule has 0 aliphatic carbocycles. The van der Waals surface area contributed by atoms with Crippen molar-refractivity contribution in [3.05, 3.63) is 0 Å². The third kappa shape index (κ3) is 74.9. The molecule has 0 aliphatic heterocycles. The zero-order valence-electron chi connectivity index (χ0n) is 66.8. The van der Waals surface area contributed by atoms with Gasteiger partial charge in [0.2, 0.25) is 0 Å². The van der Waals surface area contributed by atoms with Gasteiger partial charge in [-0.3, -0.25) is 37.3 Å². The Balaban J connectivity index is 5.11. The van der Waals surface area contributed by atoms with Gasteiger partial charge >= 0.3 is 39.5 Å². The quantitative estimate of drug-likeness (QED) is 0.0222. The number of rotatable bonds is 83. The molecular weight excluding hydrogens is 1330 g/mol. The highest BCUT2D eigenvalue weighted by molar-refractivity contribution is 7.47. The molecule has 0 heterocycles. The summed E-state index contributed by atoms with van der Waals surface area (Å²) in [6, 6.07) is 0. The fourth-order valence-electron chi connectivity index (χ4n) is 12.9. The van der Waals surface area contributed by atoms with Gasteiger partial charge < -0.3 is 33.8 Å². The normalized spacial score (nSPS) is 14.1. The summed E-state index contributed by atoms with van der Waals surface area (Å²) in [7, 11) is -9.91. The van der Waals surface area contributed by atoms with E-state index >= 15 is 0 Å². The molecule has 3 unspecified atom stereocenters. The van der Waals surface area contributed by atoms with Crippen LogP contribution in [0.2, 0.25) is 0 Å². The molecule has 102 heavy (non-hydrogen) atoms. The summed E-state index contributed by atoms with van der Waals surface area (Å²) in [4.78, 5) is 72.8. The number of aliphatic hydroxyl groups excluding tert-OH is 1. The van der Waals surface area contributed by atoms with E-state index < -0.39 is 97.5 Å². The van der Waals surface area contributed by atoms with Gasteiger partial charge in [-0.2, -0.15) is 0 Å². The van der Waals surface area contributed by atoms with Crippen LogP contribution in [0.1, 0.15) is 446 Å². The number of hydrogen-bond donors (Lipinski definition) is 3. The number of unbranched alkanes of at least 4 members (excludes halogenated alkanes) is 54. The van der Waals surface area contributed by atoms with Crippen molar-refractivity contribution in [2.75, 3.05) is 39.6 Å². The standard InChI is InChI=1S/C83H162O17P2/c1-6-10-13-16-18-20-22-24-26-28-30-31-32-34-36-42-46-50-54-59-64-69-83(88)100-79(73-94-81(86)67-62-57-52-48-44-40-38-37-39-43-47-51-56-60-65-76(5)9-4)75-98-102(91,92)96-71-77(84)70-95-101(89,90)97-74-78(72-93-80(85)66-61-55-15-12-8-3)99-82(87)68-63-58-53-49-45-41-35-33-29-27-25-23-21-19-17-14-11-7-2/h76-79,84H,6-75H2,1-5H3,(H,89,90)(H,91,92)/t76?,77-,78+,79+/m0/s1. The van der Waals surface area contributed by atoms with Gasteiger partial charge in [-0.05, 0) is 31.6 Å². The number of carbonyl (C=O) groups excluding carboxylic acids is 4. The summed E-state index contributed by atoms with van der Waals surface area (Å²) < 4.78 is 68.6. The molecule has 3 N–H and O–H groups in total. The Morgan fingerprint density at radius 3 is 0.696 bits per heavy atom. The molecule has 606 valence electrons. The highest BCUT2D eigenvalue weighted by Gasteiger charge is 2.30. The number of phosphoric acid groups is 2. The van der Waals surface area contributed by atoms with Crippen molar-refractivity contribution >= 4 is 39.5 Å². The first-order chi connectivity index (χ1) is 49.6. The van der Waals surface area contributed by atoms with Crippen molar-refractivity contribution in [2.24, 2.45) is 5.92 Å². The van der Waals surface area contributed by atoms with Crippen LogP contribution in [0.3, 0.4) is 0 Å². The van der Waals surface area contributed by atoms with Gasteiger partial charge in [0, 0.05) is 25.7 Å². The lowest BCUT2D eigenvalue weighted by atomic mass is 9.99. The summed E-state index contributed by atoms with van der Waals surface area (Å²) in [5, 5.41) is 10.6. The van der Waals surface area contributed by atoms with E-state index in [9.17, 15) is 43.2 Å². The van der Waals surface area contributed by atoms with Crippen molar-refractivity contribution in [3.8, 4) is 0 Å². The molecule has 19 heteroatoms. The van der Waals surface area contributed by atoms with Crippen LogP contribution in [0.15, 0.2) is 0 Å². The molecule has 0 bridgehead atoms. The summed E-state index contributed by atoms with van der Waals surface area (Å²) >= 11 is 0. The molecule has 0 radical (unpaired) electrons. The maximum Gasteiger partial charge on any atom is 0.472 e. The SMILES string of the molecule is CCCCCCCCCCCCCCCCCCCCCCCC(=O)O[C@H](COC(=O)CCCCCCCCCCCCCCCCC(C)CC)COP(=O)(O)OC[C@@H](O)COP(=O)(O)OC[C@@H](COC(=O)CCCCCCC)OC(=O)CCCCCCCCCCCCCCCCCCCC. The minimum atomic E-state index is -4.96. The maximum atomic E-state index is 13.1. The first-order valence-electron chi connectivity index (χ1n) is 43.2. The average Bonchev–Trinajstić information content (AvgIpc) is 0.915. The number of hydrogen-bond acceptors (Lipinski definition) is 15. The second-order valence-electron chi connectivity index (χ2n) is 30.1. The molecule has 0 spiro atoms. The van der Waals surface area contributed by atoms with E-state index in [0.717, 1.165) is 102 Å². The fourth-order valence-corrected chi connectivity index (χ4v) is 14.5. The molecule has 0 amide bonds. The fraction of sp³-hybridized carbons (Fsp3) is 0.952. The van der Waals surface area contributed by atoms with Crippen LogP contribution in [0, 0.1) is 5.92 Å². The average molecular weight is 1490 g/mol. The van der Waals surface area contributed by atoms with Gasteiger partial charge in [0.25, 0.3) is 0 Å². The van der Waals surface area contributed by atoms with Crippen LogP contribution >= 0.6 is 15.6 Å². The molecule has 0 saturated heterocycles. The van der Waals surface area contributed by atoms with Crippen LogP contribution in [0.25, 0.3) is 0 Å². The minimum Gasteiger partial charge on any atom is -0.462 e. The van der Waals surface area contributed by atoms with Crippen molar-refractivity contribution in [1.82, 2.24) is 0 Å². The Morgan fingerprint density at radius 1 is 0.275 bits per heavy atom. The summed E-state index contributed by atoms with van der Waals surface area (Å²) in [5.41, 5.74) is 0. The van der Waals surface area contributed by atoms with E-state index in [0.29, 0.717) is 25.7 Å². The monoisotopic (exact) mass is 1490 g/mol. The van der Waals surface area contributed by atoms with Gasteiger partial charge in [0.15, 0.2) is 12.2 Å². The smallest absolute Gasteiger partial charge is 0.462 e. The van der Waals surface area contributed by atoms with E-state index in [2.05, 4.69) is 34.6 Å². The predicted molar refractivity (Wildman–Crippen MR) is 418 cm³/mol. The first-order valence-corrected chi connectivity index (χ1v) is 46.2.